The zero-order valence-corrected chi connectivity index (χ0v) is 18.5. The lowest BCUT2D eigenvalue weighted by Gasteiger charge is -2.24. The predicted molar refractivity (Wildman–Crippen MR) is 128 cm³/mol. The summed E-state index contributed by atoms with van der Waals surface area (Å²) < 4.78 is 0. The summed E-state index contributed by atoms with van der Waals surface area (Å²) in [6.45, 7) is 11.1. The van der Waals surface area contributed by atoms with Crippen molar-refractivity contribution >= 4 is 5.69 Å². The van der Waals surface area contributed by atoms with Gasteiger partial charge in [0.15, 0.2) is 0 Å². The van der Waals surface area contributed by atoms with Crippen molar-refractivity contribution in [1.82, 2.24) is 0 Å². The van der Waals surface area contributed by atoms with E-state index in [0.717, 1.165) is 24.2 Å². The van der Waals surface area contributed by atoms with Crippen molar-refractivity contribution in [1.29, 1.82) is 0 Å². The molecule has 1 aromatic carbocycles. The quantitative estimate of drug-likeness (QED) is 0.376. The number of anilines is 1. The third-order valence-corrected chi connectivity index (χ3v) is 6.23. The Hall–Kier alpha value is -2.28. The smallest absolute Gasteiger partial charge is 0.0381 e. The fourth-order valence-electron chi connectivity index (χ4n) is 4.65. The van der Waals surface area contributed by atoms with Gasteiger partial charge in [-0.1, -0.05) is 93.3 Å². The Kier molecular flexibility index (Phi) is 7.75. The highest BCUT2D eigenvalue weighted by Crippen LogP contribution is 2.43. The molecule has 0 aliphatic heterocycles. The van der Waals surface area contributed by atoms with Crippen LogP contribution in [-0.4, -0.2) is 0 Å². The van der Waals surface area contributed by atoms with Crippen LogP contribution in [0.3, 0.4) is 0 Å². The first-order valence-corrected chi connectivity index (χ1v) is 11.4. The zero-order valence-electron chi connectivity index (χ0n) is 18.5. The van der Waals surface area contributed by atoms with E-state index in [2.05, 4.69) is 81.2 Å². The van der Waals surface area contributed by atoms with Crippen molar-refractivity contribution in [3.05, 3.63) is 89.2 Å². The van der Waals surface area contributed by atoms with Crippen LogP contribution in [0.1, 0.15) is 65.7 Å². The molecule has 0 saturated heterocycles. The molecule has 2 aliphatic carbocycles. The first kappa shape index (κ1) is 21.4. The highest BCUT2D eigenvalue weighted by molar-refractivity contribution is 5.53. The topological polar surface area (TPSA) is 12.0 Å². The van der Waals surface area contributed by atoms with E-state index < -0.39 is 0 Å². The second-order valence-electron chi connectivity index (χ2n) is 8.53. The summed E-state index contributed by atoms with van der Waals surface area (Å²) in [4.78, 5) is 0. The molecule has 154 valence electrons. The zero-order chi connectivity index (χ0) is 20.6. The van der Waals surface area contributed by atoms with E-state index in [9.17, 15) is 0 Å². The SMILES string of the molecule is C=C(CCC1=CC=C(C2=CC(C)=CC2CC)C1CCCCC)Nc1ccccc1. The van der Waals surface area contributed by atoms with Gasteiger partial charge in [-0.25, -0.2) is 0 Å². The van der Waals surface area contributed by atoms with Gasteiger partial charge in [0.05, 0.1) is 0 Å². The fourth-order valence-corrected chi connectivity index (χ4v) is 4.65. The lowest BCUT2D eigenvalue weighted by atomic mass is 9.81. The Bertz CT molecular complexity index is 819. The van der Waals surface area contributed by atoms with E-state index in [0.29, 0.717) is 11.8 Å². The summed E-state index contributed by atoms with van der Waals surface area (Å²) in [6, 6.07) is 10.4. The molecule has 0 aromatic heterocycles. The number of benzene rings is 1. The van der Waals surface area contributed by atoms with Crippen LogP contribution in [0.15, 0.2) is 89.2 Å². The predicted octanol–water partition coefficient (Wildman–Crippen LogP) is 8.37. The Morgan fingerprint density at radius 2 is 1.83 bits per heavy atom. The van der Waals surface area contributed by atoms with Gasteiger partial charge < -0.3 is 5.32 Å². The highest BCUT2D eigenvalue weighted by Gasteiger charge is 2.29. The van der Waals surface area contributed by atoms with E-state index in [-0.39, 0.29) is 0 Å². The van der Waals surface area contributed by atoms with Gasteiger partial charge in [0.1, 0.15) is 0 Å². The summed E-state index contributed by atoms with van der Waals surface area (Å²) in [6.07, 6.45) is 18.2. The summed E-state index contributed by atoms with van der Waals surface area (Å²) in [5.41, 5.74) is 8.39. The molecule has 0 amide bonds. The molecule has 1 aromatic rings. The molecular weight excluding hydrogens is 350 g/mol. The first-order valence-electron chi connectivity index (χ1n) is 11.4. The molecule has 1 nitrogen and oxygen atoms in total. The van der Waals surface area contributed by atoms with Gasteiger partial charge in [-0.3, -0.25) is 0 Å². The third kappa shape index (κ3) is 5.63. The molecule has 2 aliphatic rings. The van der Waals surface area contributed by atoms with Gasteiger partial charge >= 0.3 is 0 Å². The summed E-state index contributed by atoms with van der Waals surface area (Å²) in [5.74, 6) is 1.18. The lowest BCUT2D eigenvalue weighted by molar-refractivity contribution is 0.559. The van der Waals surface area contributed by atoms with Crippen molar-refractivity contribution in [2.45, 2.75) is 65.7 Å². The first-order chi connectivity index (χ1) is 14.1. The molecule has 2 atom stereocenters. The monoisotopic (exact) mass is 387 g/mol. The number of allylic oxidation sites excluding steroid dienone is 9. The average Bonchev–Trinajstić information content (AvgIpc) is 3.30. The maximum Gasteiger partial charge on any atom is 0.0381 e. The standard InChI is InChI=1S/C28H37N/c1-5-7-9-14-26-24(16-15-22(4)29-25-12-10-8-11-13-25)17-18-27(26)28-20-21(3)19-23(28)6-2/h8,10-13,17-20,23,26,29H,4-7,9,14-16H2,1-3H3. The average molecular weight is 388 g/mol. The van der Waals surface area contributed by atoms with Crippen LogP contribution in [0.2, 0.25) is 0 Å². The number of hydrogen-bond acceptors (Lipinski definition) is 1. The normalized spacial score (nSPS) is 20.8. The molecular formula is C28H37N. The second-order valence-corrected chi connectivity index (χ2v) is 8.53. The molecule has 0 fully saturated rings. The van der Waals surface area contributed by atoms with Crippen molar-refractivity contribution < 1.29 is 0 Å². The molecule has 0 heterocycles. The molecule has 0 saturated carbocycles. The van der Waals surface area contributed by atoms with E-state index in [1.807, 2.05) is 6.07 Å². The number of rotatable bonds is 11. The Morgan fingerprint density at radius 3 is 2.55 bits per heavy atom. The van der Waals surface area contributed by atoms with Gasteiger partial charge in [0, 0.05) is 23.2 Å². The minimum absolute atomic E-state index is 0.589. The van der Waals surface area contributed by atoms with Crippen molar-refractivity contribution in [2.75, 3.05) is 5.32 Å². The van der Waals surface area contributed by atoms with Crippen LogP contribution < -0.4 is 5.32 Å². The van der Waals surface area contributed by atoms with E-state index >= 15 is 0 Å². The van der Waals surface area contributed by atoms with E-state index in [1.165, 1.54) is 37.7 Å². The van der Waals surface area contributed by atoms with Crippen LogP contribution in [0.4, 0.5) is 5.69 Å². The third-order valence-electron chi connectivity index (χ3n) is 6.23. The largest absolute Gasteiger partial charge is 0.359 e. The lowest BCUT2D eigenvalue weighted by Crippen LogP contribution is -2.11. The minimum Gasteiger partial charge on any atom is -0.359 e. The number of unbranched alkanes of at least 4 members (excludes halogenated alkanes) is 2. The Labute approximate surface area is 178 Å². The van der Waals surface area contributed by atoms with Crippen molar-refractivity contribution in [2.24, 2.45) is 11.8 Å². The number of hydrogen-bond donors (Lipinski definition) is 1. The van der Waals surface area contributed by atoms with Crippen LogP contribution in [0.25, 0.3) is 0 Å². The molecule has 3 rings (SSSR count). The van der Waals surface area contributed by atoms with Crippen LogP contribution in [0, 0.1) is 11.8 Å². The van der Waals surface area contributed by atoms with Crippen molar-refractivity contribution in [3.8, 4) is 0 Å². The van der Waals surface area contributed by atoms with Gasteiger partial charge in [-0.2, -0.15) is 0 Å². The van der Waals surface area contributed by atoms with Gasteiger partial charge in [0.2, 0.25) is 0 Å². The van der Waals surface area contributed by atoms with Gasteiger partial charge in [-0.15, -0.1) is 0 Å². The maximum absolute atomic E-state index is 4.27. The molecule has 0 radical (unpaired) electrons. The van der Waals surface area contributed by atoms with Crippen LogP contribution >= 0.6 is 0 Å². The number of para-hydroxylation sites is 1. The van der Waals surface area contributed by atoms with E-state index in [1.54, 1.807) is 16.7 Å². The fraction of sp³-hybridized carbons (Fsp3) is 0.429. The van der Waals surface area contributed by atoms with Crippen LogP contribution in [0.5, 0.6) is 0 Å². The highest BCUT2D eigenvalue weighted by atomic mass is 14.9. The Morgan fingerprint density at radius 1 is 1.03 bits per heavy atom. The summed E-state index contributed by atoms with van der Waals surface area (Å²) in [5, 5.41) is 3.46. The van der Waals surface area contributed by atoms with Gasteiger partial charge in [0.25, 0.3) is 0 Å². The van der Waals surface area contributed by atoms with Gasteiger partial charge in [-0.05, 0) is 55.9 Å². The molecule has 1 N–H and O–H groups in total. The molecule has 0 spiro atoms. The summed E-state index contributed by atoms with van der Waals surface area (Å²) >= 11 is 0. The molecule has 2 unspecified atom stereocenters. The van der Waals surface area contributed by atoms with E-state index in [4.69, 9.17) is 0 Å². The Balaban J connectivity index is 1.63. The molecule has 29 heavy (non-hydrogen) atoms. The number of nitrogens with one attached hydrogen (secondary N) is 1. The minimum atomic E-state index is 0.589. The molecule has 0 bridgehead atoms. The second kappa shape index (κ2) is 10.5. The maximum atomic E-state index is 4.27. The van der Waals surface area contributed by atoms with Crippen LogP contribution in [-0.2, 0) is 0 Å². The summed E-state index contributed by atoms with van der Waals surface area (Å²) in [7, 11) is 0. The van der Waals surface area contributed by atoms with Crippen molar-refractivity contribution in [3.63, 3.8) is 0 Å². The molecule has 1 heteroatoms.